The normalized spacial score (nSPS) is 11.0. The highest BCUT2D eigenvalue weighted by Gasteiger charge is 2.17. The molecule has 3 rings (SSSR count). The molecule has 0 fully saturated rings. The van der Waals surface area contributed by atoms with Crippen molar-refractivity contribution in [1.29, 1.82) is 0 Å². The second-order valence-corrected chi connectivity index (χ2v) is 6.16. The summed E-state index contributed by atoms with van der Waals surface area (Å²) in [6.07, 6.45) is 1.36. The number of benzene rings is 1. The molecule has 1 aromatic carbocycles. The number of aromatic amines is 1. The van der Waals surface area contributed by atoms with Crippen LogP contribution in [0.2, 0.25) is 0 Å². The standard InChI is InChI=1S/C18H21N5O/c1-11(2)14-6-5-7-15(9-14)23-12(3)8-16(13(23)4)17(24)21-18-19-10-20-22-18/h5-11H,1-4H3,(H2,19,20,21,22,24). The number of aromatic nitrogens is 4. The van der Waals surface area contributed by atoms with E-state index in [0.717, 1.165) is 17.1 Å². The maximum absolute atomic E-state index is 12.5. The number of carbonyl (C=O) groups excluding carboxylic acids is 1. The molecule has 24 heavy (non-hydrogen) atoms. The van der Waals surface area contributed by atoms with E-state index in [9.17, 15) is 4.79 Å². The minimum absolute atomic E-state index is 0.203. The molecule has 0 aliphatic heterocycles. The molecular formula is C18H21N5O. The molecule has 0 atom stereocenters. The maximum Gasteiger partial charge on any atom is 0.259 e. The molecule has 0 unspecified atom stereocenters. The third-order valence-electron chi connectivity index (χ3n) is 4.12. The Balaban J connectivity index is 1.97. The van der Waals surface area contributed by atoms with Crippen LogP contribution in [0, 0.1) is 13.8 Å². The maximum atomic E-state index is 12.5. The van der Waals surface area contributed by atoms with Crippen molar-refractivity contribution >= 4 is 11.9 Å². The predicted molar refractivity (Wildman–Crippen MR) is 93.7 cm³/mol. The van der Waals surface area contributed by atoms with Crippen LogP contribution in [0.5, 0.6) is 0 Å². The summed E-state index contributed by atoms with van der Waals surface area (Å²) >= 11 is 0. The average Bonchev–Trinajstić information content (AvgIpc) is 3.15. The van der Waals surface area contributed by atoms with Gasteiger partial charge in [0.05, 0.1) is 5.56 Å². The number of carbonyl (C=O) groups is 1. The number of hydrogen-bond donors (Lipinski definition) is 2. The molecule has 1 amide bonds. The molecule has 3 aromatic rings. The van der Waals surface area contributed by atoms with E-state index in [4.69, 9.17) is 0 Å². The molecular weight excluding hydrogens is 302 g/mol. The van der Waals surface area contributed by atoms with Crippen molar-refractivity contribution in [2.75, 3.05) is 5.32 Å². The Morgan fingerprint density at radius 2 is 2.04 bits per heavy atom. The molecule has 0 saturated carbocycles. The minimum atomic E-state index is -0.203. The Kier molecular flexibility index (Phi) is 4.20. The summed E-state index contributed by atoms with van der Waals surface area (Å²) in [7, 11) is 0. The number of amides is 1. The molecule has 0 spiro atoms. The van der Waals surface area contributed by atoms with E-state index in [1.165, 1.54) is 11.9 Å². The zero-order valence-electron chi connectivity index (χ0n) is 14.3. The lowest BCUT2D eigenvalue weighted by Crippen LogP contribution is -2.14. The van der Waals surface area contributed by atoms with Gasteiger partial charge in [0.25, 0.3) is 5.91 Å². The van der Waals surface area contributed by atoms with E-state index in [0.29, 0.717) is 17.4 Å². The molecule has 0 aliphatic rings. The second kappa shape index (κ2) is 6.31. The van der Waals surface area contributed by atoms with Crippen LogP contribution in [0.4, 0.5) is 5.95 Å². The van der Waals surface area contributed by atoms with E-state index in [2.05, 4.69) is 63.2 Å². The number of H-pyrrole nitrogens is 1. The van der Waals surface area contributed by atoms with Crippen molar-refractivity contribution in [2.45, 2.75) is 33.6 Å². The van der Waals surface area contributed by atoms with Crippen molar-refractivity contribution in [3.8, 4) is 5.69 Å². The average molecular weight is 323 g/mol. The SMILES string of the molecule is Cc1cc(C(=O)Nc2ncn[nH]2)c(C)n1-c1cccc(C(C)C)c1. The third kappa shape index (κ3) is 2.95. The third-order valence-corrected chi connectivity index (χ3v) is 4.12. The van der Waals surface area contributed by atoms with Crippen LogP contribution in [-0.2, 0) is 0 Å². The van der Waals surface area contributed by atoms with Gasteiger partial charge in [0.15, 0.2) is 0 Å². The number of rotatable bonds is 4. The molecule has 0 aliphatic carbocycles. The minimum Gasteiger partial charge on any atom is -0.318 e. The van der Waals surface area contributed by atoms with Crippen LogP contribution in [0.15, 0.2) is 36.7 Å². The predicted octanol–water partition coefficient (Wildman–Crippen LogP) is 3.59. The van der Waals surface area contributed by atoms with Gasteiger partial charge in [-0.2, -0.15) is 10.1 Å². The number of anilines is 1. The van der Waals surface area contributed by atoms with Crippen molar-refractivity contribution < 1.29 is 4.79 Å². The van der Waals surface area contributed by atoms with Gasteiger partial charge in [0.1, 0.15) is 6.33 Å². The summed E-state index contributed by atoms with van der Waals surface area (Å²) in [6.45, 7) is 8.29. The number of hydrogen-bond acceptors (Lipinski definition) is 3. The fraction of sp³-hybridized carbons (Fsp3) is 0.278. The second-order valence-electron chi connectivity index (χ2n) is 6.16. The van der Waals surface area contributed by atoms with E-state index in [-0.39, 0.29) is 5.91 Å². The first kappa shape index (κ1) is 16.0. The molecule has 2 aromatic heterocycles. The van der Waals surface area contributed by atoms with Gasteiger partial charge in [-0.1, -0.05) is 26.0 Å². The molecule has 0 radical (unpaired) electrons. The van der Waals surface area contributed by atoms with E-state index >= 15 is 0 Å². The molecule has 6 nitrogen and oxygen atoms in total. The van der Waals surface area contributed by atoms with Gasteiger partial charge in [-0.25, -0.2) is 5.10 Å². The molecule has 0 bridgehead atoms. The smallest absolute Gasteiger partial charge is 0.259 e. The molecule has 2 heterocycles. The lowest BCUT2D eigenvalue weighted by Gasteiger charge is -2.13. The van der Waals surface area contributed by atoms with E-state index in [1.54, 1.807) is 0 Å². The van der Waals surface area contributed by atoms with Crippen LogP contribution >= 0.6 is 0 Å². The van der Waals surface area contributed by atoms with Crippen molar-refractivity contribution in [2.24, 2.45) is 0 Å². The number of nitrogens with zero attached hydrogens (tertiary/aromatic N) is 3. The van der Waals surface area contributed by atoms with Gasteiger partial charge in [0.2, 0.25) is 5.95 Å². The summed E-state index contributed by atoms with van der Waals surface area (Å²) in [5.74, 6) is 0.591. The first-order valence-corrected chi connectivity index (χ1v) is 7.93. The summed E-state index contributed by atoms with van der Waals surface area (Å²) in [4.78, 5) is 16.4. The largest absolute Gasteiger partial charge is 0.318 e. The molecule has 6 heteroatoms. The quantitative estimate of drug-likeness (QED) is 0.770. The van der Waals surface area contributed by atoms with Crippen LogP contribution < -0.4 is 5.32 Å². The highest BCUT2D eigenvalue weighted by atomic mass is 16.1. The van der Waals surface area contributed by atoms with Crippen LogP contribution in [-0.4, -0.2) is 25.7 Å². The van der Waals surface area contributed by atoms with Crippen molar-refractivity contribution in [1.82, 2.24) is 19.7 Å². The van der Waals surface area contributed by atoms with Gasteiger partial charge < -0.3 is 4.57 Å². The number of aryl methyl sites for hydroxylation is 1. The van der Waals surface area contributed by atoms with E-state index < -0.39 is 0 Å². The van der Waals surface area contributed by atoms with Gasteiger partial charge in [-0.15, -0.1) is 0 Å². The number of nitrogens with one attached hydrogen (secondary N) is 2. The summed E-state index contributed by atoms with van der Waals surface area (Å²) in [5, 5.41) is 9.08. The molecule has 0 saturated heterocycles. The Morgan fingerprint density at radius 1 is 1.25 bits per heavy atom. The zero-order valence-corrected chi connectivity index (χ0v) is 14.3. The summed E-state index contributed by atoms with van der Waals surface area (Å²) in [5.41, 5.74) is 4.86. The summed E-state index contributed by atoms with van der Waals surface area (Å²) in [6, 6.07) is 10.3. The monoisotopic (exact) mass is 323 g/mol. The Labute approximate surface area is 140 Å². The highest BCUT2D eigenvalue weighted by Crippen LogP contribution is 2.24. The Hall–Kier alpha value is -2.89. The van der Waals surface area contributed by atoms with Gasteiger partial charge >= 0.3 is 0 Å². The van der Waals surface area contributed by atoms with Gasteiger partial charge in [0, 0.05) is 17.1 Å². The Morgan fingerprint density at radius 3 is 2.71 bits per heavy atom. The highest BCUT2D eigenvalue weighted by molar-refractivity contribution is 6.04. The lowest BCUT2D eigenvalue weighted by atomic mass is 10.0. The van der Waals surface area contributed by atoms with Gasteiger partial charge in [-0.3, -0.25) is 10.1 Å². The lowest BCUT2D eigenvalue weighted by molar-refractivity contribution is 0.102. The van der Waals surface area contributed by atoms with Gasteiger partial charge in [-0.05, 0) is 43.5 Å². The van der Waals surface area contributed by atoms with Crippen LogP contribution in [0.3, 0.4) is 0 Å². The molecule has 124 valence electrons. The fourth-order valence-electron chi connectivity index (χ4n) is 2.85. The fourth-order valence-corrected chi connectivity index (χ4v) is 2.85. The van der Waals surface area contributed by atoms with Crippen molar-refractivity contribution in [3.05, 3.63) is 59.2 Å². The van der Waals surface area contributed by atoms with Crippen molar-refractivity contribution in [3.63, 3.8) is 0 Å². The van der Waals surface area contributed by atoms with Crippen LogP contribution in [0.1, 0.15) is 47.1 Å². The molecule has 2 N–H and O–H groups in total. The summed E-state index contributed by atoms with van der Waals surface area (Å²) < 4.78 is 2.10. The topological polar surface area (TPSA) is 75.6 Å². The van der Waals surface area contributed by atoms with Crippen LogP contribution in [0.25, 0.3) is 5.69 Å². The first-order chi connectivity index (χ1) is 11.5. The van der Waals surface area contributed by atoms with E-state index in [1.807, 2.05) is 19.9 Å². The zero-order chi connectivity index (χ0) is 17.3. The Bertz CT molecular complexity index is 862. The first-order valence-electron chi connectivity index (χ1n) is 7.93.